The SMILES string of the molecule is CC(=O)CCCc1cc2cc(OC(C)=O)c(C)cc2o1. The Morgan fingerprint density at radius 1 is 1.20 bits per heavy atom. The van der Waals surface area contributed by atoms with Gasteiger partial charge in [-0.1, -0.05) is 0 Å². The first kappa shape index (κ1) is 14.3. The summed E-state index contributed by atoms with van der Waals surface area (Å²) < 4.78 is 10.9. The number of hydrogen-bond donors (Lipinski definition) is 0. The summed E-state index contributed by atoms with van der Waals surface area (Å²) in [5.74, 6) is 1.26. The van der Waals surface area contributed by atoms with Crippen molar-refractivity contribution < 1.29 is 18.7 Å². The Morgan fingerprint density at radius 2 is 1.95 bits per heavy atom. The van der Waals surface area contributed by atoms with Crippen molar-refractivity contribution in [2.45, 2.75) is 40.0 Å². The van der Waals surface area contributed by atoms with Crippen LogP contribution in [-0.4, -0.2) is 11.8 Å². The van der Waals surface area contributed by atoms with E-state index in [1.807, 2.05) is 25.1 Å². The molecule has 4 nitrogen and oxygen atoms in total. The smallest absolute Gasteiger partial charge is 0.308 e. The maximum absolute atomic E-state index is 11.0. The summed E-state index contributed by atoms with van der Waals surface area (Å²) in [4.78, 5) is 22.0. The zero-order chi connectivity index (χ0) is 14.7. The monoisotopic (exact) mass is 274 g/mol. The van der Waals surface area contributed by atoms with E-state index in [0.717, 1.165) is 35.1 Å². The number of aryl methyl sites for hydroxylation is 2. The van der Waals surface area contributed by atoms with Crippen molar-refractivity contribution in [2.24, 2.45) is 0 Å². The largest absolute Gasteiger partial charge is 0.461 e. The molecule has 0 aliphatic carbocycles. The van der Waals surface area contributed by atoms with Crippen molar-refractivity contribution in [1.29, 1.82) is 0 Å². The summed E-state index contributed by atoms with van der Waals surface area (Å²) in [5, 5.41) is 0.907. The van der Waals surface area contributed by atoms with Crippen molar-refractivity contribution in [1.82, 2.24) is 0 Å². The summed E-state index contributed by atoms with van der Waals surface area (Å²) in [7, 11) is 0. The van der Waals surface area contributed by atoms with Gasteiger partial charge in [-0.2, -0.15) is 0 Å². The lowest BCUT2D eigenvalue weighted by molar-refractivity contribution is -0.131. The number of esters is 1. The van der Waals surface area contributed by atoms with Crippen LogP contribution in [0.4, 0.5) is 0 Å². The highest BCUT2D eigenvalue weighted by Crippen LogP contribution is 2.28. The maximum atomic E-state index is 11.0. The molecule has 4 heteroatoms. The molecule has 106 valence electrons. The molecular weight excluding hydrogens is 256 g/mol. The number of rotatable bonds is 5. The molecule has 0 amide bonds. The Balaban J connectivity index is 2.20. The number of fused-ring (bicyclic) bond motifs is 1. The second kappa shape index (κ2) is 5.90. The molecule has 0 bridgehead atoms. The molecule has 0 aliphatic heterocycles. The van der Waals surface area contributed by atoms with E-state index in [9.17, 15) is 9.59 Å². The minimum Gasteiger partial charge on any atom is -0.461 e. The lowest BCUT2D eigenvalue weighted by Gasteiger charge is -2.04. The molecule has 1 aromatic carbocycles. The quantitative estimate of drug-likeness (QED) is 0.617. The molecule has 0 spiro atoms. The molecule has 0 unspecified atom stereocenters. The fourth-order valence-electron chi connectivity index (χ4n) is 2.12. The predicted octanol–water partition coefficient (Wildman–Crippen LogP) is 3.58. The van der Waals surface area contributed by atoms with Crippen molar-refractivity contribution in [3.8, 4) is 5.75 Å². The van der Waals surface area contributed by atoms with Gasteiger partial charge < -0.3 is 13.9 Å². The molecule has 2 rings (SSSR count). The zero-order valence-electron chi connectivity index (χ0n) is 12.0. The molecule has 0 aliphatic rings. The standard InChI is InChI=1S/C16H18O4/c1-10-7-16-13(9-15(10)19-12(3)18)8-14(20-16)6-4-5-11(2)17/h7-9H,4-6H2,1-3H3. The molecule has 2 aromatic rings. The van der Waals surface area contributed by atoms with Gasteiger partial charge in [0.05, 0.1) is 0 Å². The van der Waals surface area contributed by atoms with Gasteiger partial charge in [0.25, 0.3) is 0 Å². The highest BCUT2D eigenvalue weighted by atomic mass is 16.5. The number of furan rings is 1. The van der Waals surface area contributed by atoms with Crippen LogP contribution >= 0.6 is 0 Å². The molecule has 1 aromatic heterocycles. The van der Waals surface area contributed by atoms with Crippen LogP contribution in [0, 0.1) is 6.92 Å². The van der Waals surface area contributed by atoms with Crippen LogP contribution in [0.2, 0.25) is 0 Å². The van der Waals surface area contributed by atoms with E-state index in [0.29, 0.717) is 12.2 Å². The van der Waals surface area contributed by atoms with Crippen LogP contribution in [0.3, 0.4) is 0 Å². The molecule has 20 heavy (non-hydrogen) atoms. The van der Waals surface area contributed by atoms with Gasteiger partial charge >= 0.3 is 5.97 Å². The first-order chi connectivity index (χ1) is 9.45. The van der Waals surface area contributed by atoms with Crippen LogP contribution in [0.5, 0.6) is 5.75 Å². The third-order valence-corrected chi connectivity index (χ3v) is 3.07. The minimum atomic E-state index is -0.336. The van der Waals surface area contributed by atoms with E-state index < -0.39 is 0 Å². The van der Waals surface area contributed by atoms with Crippen LogP contribution in [0.15, 0.2) is 22.6 Å². The van der Waals surface area contributed by atoms with Gasteiger partial charge in [-0.3, -0.25) is 4.79 Å². The number of ether oxygens (including phenoxy) is 1. The Morgan fingerprint density at radius 3 is 2.60 bits per heavy atom. The molecule has 0 saturated carbocycles. The Hall–Kier alpha value is -2.10. The molecule has 0 saturated heterocycles. The Bertz CT molecular complexity index is 652. The molecule has 1 heterocycles. The molecule has 0 fully saturated rings. The van der Waals surface area contributed by atoms with Crippen LogP contribution in [0.25, 0.3) is 11.0 Å². The highest BCUT2D eigenvalue weighted by Gasteiger charge is 2.10. The van der Waals surface area contributed by atoms with E-state index in [4.69, 9.17) is 9.15 Å². The summed E-state index contributed by atoms with van der Waals surface area (Å²) >= 11 is 0. The lowest BCUT2D eigenvalue weighted by atomic mass is 10.1. The Kier molecular flexibility index (Phi) is 4.23. The highest BCUT2D eigenvalue weighted by molar-refractivity contribution is 5.82. The van der Waals surface area contributed by atoms with Crippen molar-refractivity contribution in [2.75, 3.05) is 0 Å². The van der Waals surface area contributed by atoms with Gasteiger partial charge in [0.15, 0.2) is 0 Å². The van der Waals surface area contributed by atoms with Crippen molar-refractivity contribution in [3.05, 3.63) is 29.5 Å². The van der Waals surface area contributed by atoms with Gasteiger partial charge in [-0.15, -0.1) is 0 Å². The number of Topliss-reactive ketones (excluding diaryl/α,β-unsaturated/α-hetero) is 1. The normalized spacial score (nSPS) is 10.8. The fraction of sp³-hybridized carbons (Fsp3) is 0.375. The first-order valence-corrected chi connectivity index (χ1v) is 6.66. The summed E-state index contributed by atoms with van der Waals surface area (Å²) in [5.41, 5.74) is 1.63. The third kappa shape index (κ3) is 3.47. The van der Waals surface area contributed by atoms with Crippen LogP contribution in [-0.2, 0) is 16.0 Å². The number of hydrogen-bond acceptors (Lipinski definition) is 4. The van der Waals surface area contributed by atoms with Crippen LogP contribution in [0.1, 0.15) is 38.0 Å². The molecule has 0 atom stereocenters. The summed E-state index contributed by atoms with van der Waals surface area (Å²) in [6.45, 7) is 4.84. The van der Waals surface area contributed by atoms with Gasteiger partial charge in [-0.25, -0.2) is 0 Å². The average molecular weight is 274 g/mol. The van der Waals surface area contributed by atoms with E-state index >= 15 is 0 Å². The van der Waals surface area contributed by atoms with Gasteiger partial charge in [0, 0.05) is 25.2 Å². The number of ketones is 1. The van der Waals surface area contributed by atoms with Crippen LogP contribution < -0.4 is 4.74 Å². The zero-order valence-corrected chi connectivity index (χ0v) is 12.0. The topological polar surface area (TPSA) is 56.5 Å². The minimum absolute atomic E-state index is 0.189. The average Bonchev–Trinajstić information content (AvgIpc) is 2.70. The fourth-order valence-corrected chi connectivity index (χ4v) is 2.12. The molecule has 0 radical (unpaired) electrons. The van der Waals surface area contributed by atoms with Gasteiger partial charge in [0.2, 0.25) is 0 Å². The predicted molar refractivity (Wildman–Crippen MR) is 75.9 cm³/mol. The van der Waals surface area contributed by atoms with Crippen molar-refractivity contribution >= 4 is 22.7 Å². The Labute approximate surface area is 117 Å². The van der Waals surface area contributed by atoms with E-state index in [1.54, 1.807) is 6.92 Å². The van der Waals surface area contributed by atoms with E-state index in [1.165, 1.54) is 6.92 Å². The number of benzene rings is 1. The van der Waals surface area contributed by atoms with Gasteiger partial charge in [0.1, 0.15) is 22.9 Å². The maximum Gasteiger partial charge on any atom is 0.308 e. The summed E-state index contributed by atoms with van der Waals surface area (Å²) in [6, 6.07) is 5.61. The number of carbonyl (C=O) groups excluding carboxylic acids is 2. The molecular formula is C16H18O4. The van der Waals surface area contributed by atoms with Gasteiger partial charge in [-0.05, 0) is 44.0 Å². The van der Waals surface area contributed by atoms with Crippen molar-refractivity contribution in [3.63, 3.8) is 0 Å². The van der Waals surface area contributed by atoms with E-state index in [2.05, 4.69) is 0 Å². The second-order valence-electron chi connectivity index (χ2n) is 5.02. The summed E-state index contributed by atoms with van der Waals surface area (Å²) in [6.07, 6.45) is 2.08. The number of carbonyl (C=O) groups is 2. The molecule has 0 N–H and O–H groups in total. The lowest BCUT2D eigenvalue weighted by Crippen LogP contribution is -2.02. The van der Waals surface area contributed by atoms with E-state index in [-0.39, 0.29) is 11.8 Å². The second-order valence-corrected chi connectivity index (χ2v) is 5.02. The first-order valence-electron chi connectivity index (χ1n) is 6.66. The third-order valence-electron chi connectivity index (χ3n) is 3.07.